The van der Waals surface area contributed by atoms with Crippen LogP contribution in [0, 0.1) is 5.92 Å². The summed E-state index contributed by atoms with van der Waals surface area (Å²) in [6.07, 6.45) is 4.21. The summed E-state index contributed by atoms with van der Waals surface area (Å²) in [5, 5.41) is 0. The Labute approximate surface area is 87.0 Å². The number of hydrogen-bond acceptors (Lipinski definition) is 0. The van der Waals surface area contributed by atoms with E-state index in [9.17, 15) is 0 Å². The van der Waals surface area contributed by atoms with Crippen molar-refractivity contribution in [3.8, 4) is 0 Å². The lowest BCUT2D eigenvalue weighted by Crippen LogP contribution is -1.99. The van der Waals surface area contributed by atoms with Crippen molar-refractivity contribution in [2.24, 2.45) is 5.92 Å². The predicted molar refractivity (Wildman–Crippen MR) is 63.3 cm³/mol. The van der Waals surface area contributed by atoms with Gasteiger partial charge in [-0.3, -0.25) is 0 Å². The molecule has 1 unspecified atom stereocenters. The molecule has 0 saturated heterocycles. The molecule has 14 heavy (non-hydrogen) atoms. The molecule has 1 rings (SSSR count). The van der Waals surface area contributed by atoms with E-state index in [1.807, 2.05) is 12.1 Å². The Morgan fingerprint density at radius 1 is 1.36 bits per heavy atom. The molecule has 1 aromatic carbocycles. The maximum atomic E-state index is 3.97. The van der Waals surface area contributed by atoms with Gasteiger partial charge in [-0.15, -0.1) is 6.58 Å². The fourth-order valence-electron chi connectivity index (χ4n) is 1.53. The average Bonchev–Trinajstić information content (AvgIpc) is 2.20. The van der Waals surface area contributed by atoms with Crippen LogP contribution in [0.25, 0.3) is 0 Å². The summed E-state index contributed by atoms with van der Waals surface area (Å²) < 4.78 is 0. The van der Waals surface area contributed by atoms with Crippen molar-refractivity contribution in [2.45, 2.75) is 19.8 Å². The SMILES string of the molecule is C=CC(CCc1ccccc1)C(=C)C. The van der Waals surface area contributed by atoms with Gasteiger partial charge in [-0.2, -0.15) is 0 Å². The number of hydrogen-bond donors (Lipinski definition) is 0. The predicted octanol–water partition coefficient (Wildman–Crippen LogP) is 4.00. The molecule has 0 bridgehead atoms. The summed E-state index contributed by atoms with van der Waals surface area (Å²) in [5.74, 6) is 0.454. The van der Waals surface area contributed by atoms with Gasteiger partial charge >= 0.3 is 0 Å². The van der Waals surface area contributed by atoms with Crippen LogP contribution in [0.15, 0.2) is 55.1 Å². The zero-order chi connectivity index (χ0) is 10.4. The first-order chi connectivity index (χ1) is 6.74. The van der Waals surface area contributed by atoms with Crippen molar-refractivity contribution in [3.63, 3.8) is 0 Å². The highest BCUT2D eigenvalue weighted by molar-refractivity contribution is 5.16. The van der Waals surface area contributed by atoms with Gasteiger partial charge in [0.25, 0.3) is 0 Å². The van der Waals surface area contributed by atoms with E-state index in [1.165, 1.54) is 11.1 Å². The Balaban J connectivity index is 2.47. The van der Waals surface area contributed by atoms with Gasteiger partial charge < -0.3 is 0 Å². The summed E-state index contributed by atoms with van der Waals surface area (Å²) in [4.78, 5) is 0. The highest BCUT2D eigenvalue weighted by atomic mass is 14.1. The van der Waals surface area contributed by atoms with Gasteiger partial charge in [0.2, 0.25) is 0 Å². The van der Waals surface area contributed by atoms with Crippen LogP contribution in [0.3, 0.4) is 0 Å². The molecular formula is C14H18. The summed E-state index contributed by atoms with van der Waals surface area (Å²) in [5.41, 5.74) is 2.59. The van der Waals surface area contributed by atoms with Gasteiger partial charge in [-0.1, -0.05) is 48.6 Å². The van der Waals surface area contributed by atoms with Crippen LogP contribution in [0.2, 0.25) is 0 Å². The van der Waals surface area contributed by atoms with Crippen molar-refractivity contribution >= 4 is 0 Å². The van der Waals surface area contributed by atoms with Crippen molar-refractivity contribution in [1.82, 2.24) is 0 Å². The molecule has 0 heterocycles. The first-order valence-corrected chi connectivity index (χ1v) is 5.06. The van der Waals surface area contributed by atoms with Crippen LogP contribution in [0.5, 0.6) is 0 Å². The summed E-state index contributed by atoms with van der Waals surface area (Å²) >= 11 is 0. The fourth-order valence-corrected chi connectivity index (χ4v) is 1.53. The second kappa shape index (κ2) is 5.43. The first kappa shape index (κ1) is 10.8. The lowest BCUT2D eigenvalue weighted by atomic mass is 9.94. The Hall–Kier alpha value is -1.30. The number of aryl methyl sites for hydroxylation is 1. The van der Waals surface area contributed by atoms with Gasteiger partial charge in [0.1, 0.15) is 0 Å². The molecule has 0 amide bonds. The Bertz CT molecular complexity index is 295. The second-order valence-electron chi connectivity index (χ2n) is 3.71. The molecular weight excluding hydrogens is 168 g/mol. The lowest BCUT2D eigenvalue weighted by molar-refractivity contribution is 0.676. The fraction of sp³-hybridized carbons (Fsp3) is 0.286. The summed E-state index contributed by atoms with van der Waals surface area (Å²) in [7, 11) is 0. The van der Waals surface area contributed by atoms with E-state index < -0.39 is 0 Å². The van der Waals surface area contributed by atoms with E-state index in [2.05, 4.69) is 44.3 Å². The molecule has 0 spiro atoms. The van der Waals surface area contributed by atoms with E-state index in [1.54, 1.807) is 0 Å². The average molecular weight is 186 g/mol. The van der Waals surface area contributed by atoms with Crippen molar-refractivity contribution < 1.29 is 0 Å². The smallest absolute Gasteiger partial charge is 0.00283 e. The van der Waals surface area contributed by atoms with Crippen LogP contribution in [0.1, 0.15) is 18.9 Å². The van der Waals surface area contributed by atoms with Crippen LogP contribution < -0.4 is 0 Å². The van der Waals surface area contributed by atoms with E-state index in [-0.39, 0.29) is 0 Å². The van der Waals surface area contributed by atoms with E-state index >= 15 is 0 Å². The number of benzene rings is 1. The highest BCUT2D eigenvalue weighted by Gasteiger charge is 2.04. The molecule has 0 radical (unpaired) electrons. The normalized spacial score (nSPS) is 12.1. The molecule has 74 valence electrons. The maximum Gasteiger partial charge on any atom is -0.00283 e. The third kappa shape index (κ3) is 3.21. The molecule has 0 aromatic heterocycles. The van der Waals surface area contributed by atoms with Crippen LogP contribution >= 0.6 is 0 Å². The van der Waals surface area contributed by atoms with E-state index in [0.717, 1.165) is 12.8 Å². The van der Waals surface area contributed by atoms with Crippen LogP contribution in [0.4, 0.5) is 0 Å². The van der Waals surface area contributed by atoms with Gasteiger partial charge in [-0.25, -0.2) is 0 Å². The molecule has 0 aliphatic carbocycles. The molecule has 0 N–H and O–H groups in total. The molecule has 0 heteroatoms. The third-order valence-electron chi connectivity index (χ3n) is 2.50. The molecule has 0 fully saturated rings. The Morgan fingerprint density at radius 2 is 2.00 bits per heavy atom. The summed E-state index contributed by atoms with van der Waals surface area (Å²) in [6.45, 7) is 9.87. The topological polar surface area (TPSA) is 0 Å². The second-order valence-corrected chi connectivity index (χ2v) is 3.71. The van der Waals surface area contributed by atoms with Gasteiger partial charge in [0.05, 0.1) is 0 Å². The monoisotopic (exact) mass is 186 g/mol. The molecule has 1 aromatic rings. The highest BCUT2D eigenvalue weighted by Crippen LogP contribution is 2.17. The lowest BCUT2D eigenvalue weighted by Gasteiger charge is -2.11. The minimum absolute atomic E-state index is 0.454. The summed E-state index contributed by atoms with van der Waals surface area (Å²) in [6, 6.07) is 10.5. The number of rotatable bonds is 5. The van der Waals surface area contributed by atoms with Crippen molar-refractivity contribution in [2.75, 3.05) is 0 Å². The van der Waals surface area contributed by atoms with Crippen LogP contribution in [-0.2, 0) is 6.42 Å². The zero-order valence-corrected chi connectivity index (χ0v) is 8.87. The quantitative estimate of drug-likeness (QED) is 0.610. The minimum atomic E-state index is 0.454. The molecule has 0 saturated carbocycles. The Morgan fingerprint density at radius 3 is 2.50 bits per heavy atom. The third-order valence-corrected chi connectivity index (χ3v) is 2.50. The van der Waals surface area contributed by atoms with Gasteiger partial charge in [0.15, 0.2) is 0 Å². The van der Waals surface area contributed by atoms with E-state index in [4.69, 9.17) is 0 Å². The zero-order valence-electron chi connectivity index (χ0n) is 8.87. The van der Waals surface area contributed by atoms with Crippen molar-refractivity contribution in [3.05, 3.63) is 60.7 Å². The standard InChI is InChI=1S/C14H18/c1-4-14(12(2)3)11-10-13-8-6-5-7-9-13/h4-9,14H,1-2,10-11H2,3H3. The molecule has 0 nitrogen and oxygen atoms in total. The Kier molecular flexibility index (Phi) is 4.18. The van der Waals surface area contributed by atoms with Gasteiger partial charge in [-0.05, 0) is 31.2 Å². The molecule has 0 aliphatic rings. The molecule has 0 aliphatic heterocycles. The maximum absolute atomic E-state index is 3.97. The van der Waals surface area contributed by atoms with Gasteiger partial charge in [0, 0.05) is 0 Å². The van der Waals surface area contributed by atoms with Crippen molar-refractivity contribution in [1.29, 1.82) is 0 Å². The van der Waals surface area contributed by atoms with E-state index in [0.29, 0.717) is 5.92 Å². The largest absolute Gasteiger partial charge is 0.102 e. The number of allylic oxidation sites excluding steroid dienone is 2. The minimum Gasteiger partial charge on any atom is -0.102 e. The molecule has 1 atom stereocenters. The van der Waals surface area contributed by atoms with Crippen LogP contribution in [-0.4, -0.2) is 0 Å². The first-order valence-electron chi connectivity index (χ1n) is 5.06.